The van der Waals surface area contributed by atoms with Crippen LogP contribution in [0.1, 0.15) is 5.56 Å². The van der Waals surface area contributed by atoms with Crippen LogP contribution in [0.2, 0.25) is 0 Å². The summed E-state index contributed by atoms with van der Waals surface area (Å²) in [6.45, 7) is -0.239. The van der Waals surface area contributed by atoms with Gasteiger partial charge in [0.1, 0.15) is 5.75 Å². The molecule has 0 saturated carbocycles. The number of hydrogen-bond donors (Lipinski definition) is 3. The summed E-state index contributed by atoms with van der Waals surface area (Å²) in [5.41, 5.74) is 8.20. The second-order valence-electron chi connectivity index (χ2n) is 5.30. The van der Waals surface area contributed by atoms with E-state index in [0.29, 0.717) is 33.0 Å². The van der Waals surface area contributed by atoms with Crippen LogP contribution in [0.3, 0.4) is 0 Å². The lowest BCUT2D eigenvalue weighted by Crippen LogP contribution is -2.24. The SMILES string of the molecule is COc1ccccc1NC(=O)COc1cc(Br)c(C=NNC(N)=O)cc1OC. The first kappa shape index (κ1) is 21.0. The number of para-hydroxylation sites is 2. The van der Waals surface area contributed by atoms with Crippen molar-refractivity contribution >= 4 is 39.8 Å². The number of hydrogen-bond acceptors (Lipinski definition) is 6. The first-order chi connectivity index (χ1) is 13.4. The minimum Gasteiger partial charge on any atom is -0.495 e. The molecule has 0 saturated heterocycles. The van der Waals surface area contributed by atoms with E-state index in [1.165, 1.54) is 20.4 Å². The quantitative estimate of drug-likeness (QED) is 0.420. The van der Waals surface area contributed by atoms with E-state index in [9.17, 15) is 9.59 Å². The average molecular weight is 451 g/mol. The van der Waals surface area contributed by atoms with Gasteiger partial charge < -0.3 is 25.3 Å². The molecule has 28 heavy (non-hydrogen) atoms. The number of carbonyl (C=O) groups excluding carboxylic acids is 2. The van der Waals surface area contributed by atoms with Crippen LogP contribution >= 0.6 is 15.9 Å². The summed E-state index contributed by atoms with van der Waals surface area (Å²) in [4.78, 5) is 22.9. The summed E-state index contributed by atoms with van der Waals surface area (Å²) in [6.07, 6.45) is 1.38. The molecule has 0 heterocycles. The molecule has 0 aromatic heterocycles. The summed E-state index contributed by atoms with van der Waals surface area (Å²) in [5, 5.41) is 6.41. The summed E-state index contributed by atoms with van der Waals surface area (Å²) in [7, 11) is 2.99. The van der Waals surface area contributed by atoms with Crippen LogP contribution in [0.5, 0.6) is 17.2 Å². The molecule has 0 spiro atoms. The summed E-state index contributed by atoms with van der Waals surface area (Å²) in [6, 6.07) is 9.53. The minimum atomic E-state index is -0.777. The van der Waals surface area contributed by atoms with E-state index in [-0.39, 0.29) is 12.5 Å². The zero-order valence-electron chi connectivity index (χ0n) is 15.2. The third-order valence-corrected chi connectivity index (χ3v) is 4.09. The normalized spacial score (nSPS) is 10.4. The minimum absolute atomic E-state index is 0.239. The highest BCUT2D eigenvalue weighted by molar-refractivity contribution is 9.10. The predicted molar refractivity (Wildman–Crippen MR) is 108 cm³/mol. The second-order valence-corrected chi connectivity index (χ2v) is 6.15. The number of ether oxygens (including phenoxy) is 3. The molecular weight excluding hydrogens is 432 g/mol. The number of hydrazone groups is 1. The Kier molecular flexibility index (Phi) is 7.64. The van der Waals surface area contributed by atoms with Gasteiger partial charge in [0.2, 0.25) is 0 Å². The maximum Gasteiger partial charge on any atom is 0.332 e. The number of benzene rings is 2. The van der Waals surface area contributed by atoms with Crippen molar-refractivity contribution in [1.29, 1.82) is 0 Å². The first-order valence-corrected chi connectivity index (χ1v) is 8.75. The molecule has 2 rings (SSSR count). The molecule has 3 amide bonds. The van der Waals surface area contributed by atoms with E-state index in [4.69, 9.17) is 19.9 Å². The van der Waals surface area contributed by atoms with Gasteiger partial charge in [-0.1, -0.05) is 12.1 Å². The molecule has 0 atom stereocenters. The van der Waals surface area contributed by atoms with Crippen LogP contribution in [-0.4, -0.2) is 39.0 Å². The average Bonchev–Trinajstić information content (AvgIpc) is 2.67. The van der Waals surface area contributed by atoms with Crippen molar-refractivity contribution in [1.82, 2.24) is 5.43 Å². The largest absolute Gasteiger partial charge is 0.495 e. The number of carbonyl (C=O) groups is 2. The molecule has 0 aliphatic heterocycles. The van der Waals surface area contributed by atoms with Gasteiger partial charge in [-0.05, 0) is 40.2 Å². The summed E-state index contributed by atoms with van der Waals surface area (Å²) in [5.74, 6) is 0.918. The summed E-state index contributed by atoms with van der Waals surface area (Å²) >= 11 is 3.37. The van der Waals surface area contributed by atoms with E-state index >= 15 is 0 Å². The Morgan fingerprint density at radius 3 is 2.54 bits per heavy atom. The molecule has 9 nitrogen and oxygen atoms in total. The van der Waals surface area contributed by atoms with E-state index < -0.39 is 6.03 Å². The Morgan fingerprint density at radius 1 is 1.14 bits per heavy atom. The third-order valence-electron chi connectivity index (χ3n) is 3.40. The molecule has 0 bridgehead atoms. The fourth-order valence-corrected chi connectivity index (χ4v) is 2.59. The van der Waals surface area contributed by atoms with Crippen molar-refractivity contribution in [3.8, 4) is 17.2 Å². The van der Waals surface area contributed by atoms with Crippen molar-refractivity contribution in [2.75, 3.05) is 26.1 Å². The van der Waals surface area contributed by atoms with Crippen molar-refractivity contribution in [3.63, 3.8) is 0 Å². The van der Waals surface area contributed by atoms with Crippen molar-refractivity contribution in [3.05, 3.63) is 46.4 Å². The number of rotatable bonds is 8. The van der Waals surface area contributed by atoms with Crippen LogP contribution in [0, 0.1) is 0 Å². The third kappa shape index (κ3) is 5.88. The van der Waals surface area contributed by atoms with Gasteiger partial charge in [0.25, 0.3) is 5.91 Å². The monoisotopic (exact) mass is 450 g/mol. The Bertz CT molecular complexity index is 888. The van der Waals surface area contributed by atoms with Crippen molar-refractivity contribution < 1.29 is 23.8 Å². The van der Waals surface area contributed by atoms with Crippen LogP contribution in [0.25, 0.3) is 0 Å². The fourth-order valence-electron chi connectivity index (χ4n) is 2.17. The molecule has 0 fully saturated rings. The van der Waals surface area contributed by atoms with E-state index in [0.717, 1.165) is 0 Å². The number of primary amides is 1. The van der Waals surface area contributed by atoms with E-state index in [1.807, 2.05) is 0 Å². The number of anilines is 1. The van der Waals surface area contributed by atoms with Crippen LogP contribution in [0.4, 0.5) is 10.5 Å². The highest BCUT2D eigenvalue weighted by atomic mass is 79.9. The van der Waals surface area contributed by atoms with Gasteiger partial charge in [0.15, 0.2) is 18.1 Å². The number of nitrogens with one attached hydrogen (secondary N) is 2. The van der Waals surface area contributed by atoms with Gasteiger partial charge >= 0.3 is 6.03 Å². The Hall–Kier alpha value is -3.27. The molecule has 2 aromatic rings. The fraction of sp³-hybridized carbons (Fsp3) is 0.167. The molecule has 0 radical (unpaired) electrons. The number of halogens is 1. The zero-order valence-corrected chi connectivity index (χ0v) is 16.8. The van der Waals surface area contributed by atoms with Gasteiger partial charge in [0, 0.05) is 10.0 Å². The first-order valence-electron chi connectivity index (χ1n) is 7.96. The number of urea groups is 1. The number of nitrogens with two attached hydrogens (primary N) is 1. The highest BCUT2D eigenvalue weighted by Crippen LogP contribution is 2.33. The maximum atomic E-state index is 12.2. The number of methoxy groups -OCH3 is 2. The highest BCUT2D eigenvalue weighted by Gasteiger charge is 2.13. The Labute approximate surface area is 170 Å². The molecule has 0 aliphatic rings. The Balaban J connectivity index is 2.06. The molecule has 2 aromatic carbocycles. The molecule has 148 valence electrons. The van der Waals surface area contributed by atoms with E-state index in [1.54, 1.807) is 36.4 Å². The van der Waals surface area contributed by atoms with Gasteiger partial charge in [-0.15, -0.1) is 0 Å². The van der Waals surface area contributed by atoms with E-state index in [2.05, 4.69) is 31.8 Å². The lowest BCUT2D eigenvalue weighted by atomic mass is 10.2. The van der Waals surface area contributed by atoms with Gasteiger partial charge in [0.05, 0.1) is 26.1 Å². The smallest absolute Gasteiger partial charge is 0.332 e. The molecule has 10 heteroatoms. The number of nitrogens with zero attached hydrogens (tertiary/aromatic N) is 1. The van der Waals surface area contributed by atoms with Crippen molar-refractivity contribution in [2.45, 2.75) is 0 Å². The second kappa shape index (κ2) is 10.2. The lowest BCUT2D eigenvalue weighted by Gasteiger charge is -2.13. The maximum absolute atomic E-state index is 12.2. The van der Waals surface area contributed by atoms with Gasteiger partial charge in [-0.3, -0.25) is 4.79 Å². The standard InChI is InChI=1S/C18H19BrN4O5/c1-26-14-6-4-3-5-13(14)22-17(24)10-28-16-8-12(19)11(7-15(16)27-2)9-21-23-18(20)25/h3-9H,10H2,1-2H3,(H,22,24)(H3,20,23,25). The predicted octanol–water partition coefficient (Wildman–Crippen LogP) is 2.49. The van der Waals surface area contributed by atoms with Crippen LogP contribution < -0.4 is 30.7 Å². The molecular formula is C18H19BrN4O5. The molecule has 0 aliphatic carbocycles. The van der Waals surface area contributed by atoms with Crippen LogP contribution in [-0.2, 0) is 4.79 Å². The van der Waals surface area contributed by atoms with Crippen molar-refractivity contribution in [2.24, 2.45) is 10.8 Å². The zero-order chi connectivity index (χ0) is 20.5. The van der Waals surface area contributed by atoms with Gasteiger partial charge in [-0.25, -0.2) is 10.2 Å². The summed E-state index contributed by atoms with van der Waals surface area (Å²) < 4.78 is 16.7. The van der Waals surface area contributed by atoms with Gasteiger partial charge in [-0.2, -0.15) is 5.10 Å². The molecule has 4 N–H and O–H groups in total. The Morgan fingerprint density at radius 2 is 1.86 bits per heavy atom. The number of amides is 3. The molecule has 0 unspecified atom stereocenters. The topological polar surface area (TPSA) is 124 Å². The lowest BCUT2D eigenvalue weighted by molar-refractivity contribution is -0.118. The van der Waals surface area contributed by atoms with Crippen LogP contribution in [0.15, 0.2) is 46.0 Å².